The molecule has 0 spiro atoms. The van der Waals surface area contributed by atoms with Gasteiger partial charge in [-0.1, -0.05) is 6.92 Å². The predicted octanol–water partition coefficient (Wildman–Crippen LogP) is 1.85. The molecule has 1 saturated carbocycles. The zero-order valence-corrected chi connectivity index (χ0v) is 10.6. The van der Waals surface area contributed by atoms with Crippen molar-refractivity contribution in [3.8, 4) is 0 Å². The van der Waals surface area contributed by atoms with E-state index in [2.05, 4.69) is 0 Å². The van der Waals surface area contributed by atoms with Crippen molar-refractivity contribution in [1.29, 1.82) is 0 Å². The third-order valence-electron chi connectivity index (χ3n) is 3.71. The van der Waals surface area contributed by atoms with Crippen LogP contribution in [-0.4, -0.2) is 24.2 Å². The summed E-state index contributed by atoms with van der Waals surface area (Å²) in [6.45, 7) is 1.61. The van der Waals surface area contributed by atoms with Crippen LogP contribution in [0, 0.1) is 11.7 Å². The first-order chi connectivity index (χ1) is 8.32. The Morgan fingerprint density at radius 3 is 2.28 bits per heavy atom. The molecule has 0 saturated heterocycles. The second-order valence-corrected chi connectivity index (χ2v) is 6.80. The number of carbonyl (C=O) groups is 1. The number of halogens is 1. The van der Waals surface area contributed by atoms with Crippen molar-refractivity contribution in [1.82, 2.24) is 0 Å². The van der Waals surface area contributed by atoms with E-state index in [-0.39, 0.29) is 11.3 Å². The molecule has 0 radical (unpaired) electrons. The first-order valence-corrected chi connectivity index (χ1v) is 7.04. The summed E-state index contributed by atoms with van der Waals surface area (Å²) in [5.41, 5.74) is 0. The van der Waals surface area contributed by atoms with Gasteiger partial charge in [0.2, 0.25) is 0 Å². The Hall–Kier alpha value is -1.43. The standard InChI is InChI=1S/C12H13FO4S/c1-8-6-7-12(8,11(14)15)18(16,17)10-4-2-9(13)3-5-10/h2-5,8H,6-7H2,1H3,(H,14,15). The lowest BCUT2D eigenvalue weighted by Gasteiger charge is -2.43. The minimum Gasteiger partial charge on any atom is -0.480 e. The van der Waals surface area contributed by atoms with Crippen molar-refractivity contribution in [3.63, 3.8) is 0 Å². The minimum atomic E-state index is -4.00. The Morgan fingerprint density at radius 2 is 1.94 bits per heavy atom. The average Bonchev–Trinajstić information content (AvgIpc) is 2.27. The highest BCUT2D eigenvalue weighted by atomic mass is 32.2. The number of carboxylic acids is 1. The Labute approximate surface area is 104 Å². The number of rotatable bonds is 3. The van der Waals surface area contributed by atoms with Crippen LogP contribution in [0.5, 0.6) is 0 Å². The van der Waals surface area contributed by atoms with Gasteiger partial charge in [-0.15, -0.1) is 0 Å². The molecule has 2 rings (SSSR count). The molecule has 18 heavy (non-hydrogen) atoms. The summed E-state index contributed by atoms with van der Waals surface area (Å²) in [6.07, 6.45) is 0.663. The van der Waals surface area contributed by atoms with E-state index in [0.29, 0.717) is 6.42 Å². The average molecular weight is 272 g/mol. The third kappa shape index (κ3) is 1.55. The second-order valence-electron chi connectivity index (χ2n) is 4.59. The van der Waals surface area contributed by atoms with Crippen molar-refractivity contribution in [2.75, 3.05) is 0 Å². The Balaban J connectivity index is 2.54. The SMILES string of the molecule is CC1CCC1(C(=O)O)S(=O)(=O)c1ccc(F)cc1. The van der Waals surface area contributed by atoms with E-state index in [1.807, 2.05) is 0 Å². The molecule has 1 N–H and O–H groups in total. The largest absolute Gasteiger partial charge is 0.480 e. The molecule has 1 aliphatic carbocycles. The molecule has 0 aliphatic heterocycles. The Bertz CT molecular complexity index is 579. The van der Waals surface area contributed by atoms with E-state index in [1.54, 1.807) is 6.92 Å². The van der Waals surface area contributed by atoms with E-state index in [0.717, 1.165) is 24.3 Å². The number of aliphatic carboxylic acids is 1. The maximum absolute atomic E-state index is 12.8. The number of hydrogen-bond acceptors (Lipinski definition) is 3. The van der Waals surface area contributed by atoms with Gasteiger partial charge in [-0.25, -0.2) is 12.8 Å². The molecule has 2 atom stereocenters. The fraction of sp³-hybridized carbons (Fsp3) is 0.417. The van der Waals surface area contributed by atoms with E-state index >= 15 is 0 Å². The van der Waals surface area contributed by atoms with E-state index in [9.17, 15) is 22.7 Å². The van der Waals surface area contributed by atoms with Gasteiger partial charge in [-0.3, -0.25) is 4.79 Å². The van der Waals surface area contributed by atoms with Crippen LogP contribution in [0.15, 0.2) is 29.2 Å². The third-order valence-corrected chi connectivity index (χ3v) is 6.34. The molecular weight excluding hydrogens is 259 g/mol. The fourth-order valence-corrected chi connectivity index (χ4v) is 4.53. The number of hydrogen-bond donors (Lipinski definition) is 1. The molecule has 1 aliphatic rings. The van der Waals surface area contributed by atoms with Crippen LogP contribution in [0.4, 0.5) is 4.39 Å². The van der Waals surface area contributed by atoms with Crippen LogP contribution in [0.3, 0.4) is 0 Å². The molecule has 1 aromatic rings. The molecule has 1 fully saturated rings. The summed E-state index contributed by atoms with van der Waals surface area (Å²) in [7, 11) is -4.00. The maximum Gasteiger partial charge on any atom is 0.325 e. The van der Waals surface area contributed by atoms with Gasteiger partial charge in [0.1, 0.15) is 5.82 Å². The lowest BCUT2D eigenvalue weighted by molar-refractivity contribution is -0.144. The van der Waals surface area contributed by atoms with Crippen LogP contribution >= 0.6 is 0 Å². The Morgan fingerprint density at radius 1 is 1.39 bits per heavy atom. The normalized spacial score (nSPS) is 27.6. The highest BCUT2D eigenvalue weighted by Crippen LogP contribution is 2.47. The first kappa shape index (κ1) is 13.0. The van der Waals surface area contributed by atoms with Crippen molar-refractivity contribution < 1.29 is 22.7 Å². The summed E-state index contributed by atoms with van der Waals surface area (Å²) in [6, 6.07) is 4.26. The van der Waals surface area contributed by atoms with Gasteiger partial charge in [-0.2, -0.15) is 0 Å². The minimum absolute atomic E-state index is 0.100. The van der Waals surface area contributed by atoms with Crippen LogP contribution in [0.1, 0.15) is 19.8 Å². The molecular formula is C12H13FO4S. The molecule has 0 heterocycles. The van der Waals surface area contributed by atoms with Gasteiger partial charge in [-0.05, 0) is 43.0 Å². The lowest BCUT2D eigenvalue weighted by atomic mass is 9.74. The predicted molar refractivity (Wildman–Crippen MR) is 62.4 cm³/mol. The van der Waals surface area contributed by atoms with Crippen molar-refractivity contribution in [2.24, 2.45) is 5.92 Å². The van der Waals surface area contributed by atoms with Gasteiger partial charge >= 0.3 is 5.97 Å². The van der Waals surface area contributed by atoms with Gasteiger partial charge in [0, 0.05) is 0 Å². The van der Waals surface area contributed by atoms with Crippen LogP contribution < -0.4 is 0 Å². The van der Waals surface area contributed by atoms with E-state index in [4.69, 9.17) is 0 Å². The summed E-state index contributed by atoms with van der Waals surface area (Å²) < 4.78 is 35.8. The molecule has 2 unspecified atom stereocenters. The number of sulfone groups is 1. The molecule has 1 aromatic carbocycles. The highest BCUT2D eigenvalue weighted by molar-refractivity contribution is 7.93. The number of carboxylic acid groups (broad SMARTS) is 1. The fourth-order valence-electron chi connectivity index (χ4n) is 2.35. The van der Waals surface area contributed by atoms with E-state index < -0.39 is 32.3 Å². The molecule has 4 nitrogen and oxygen atoms in total. The van der Waals surface area contributed by atoms with Crippen molar-refractivity contribution >= 4 is 15.8 Å². The van der Waals surface area contributed by atoms with Gasteiger partial charge in [0.25, 0.3) is 0 Å². The topological polar surface area (TPSA) is 71.4 Å². The molecule has 6 heteroatoms. The summed E-state index contributed by atoms with van der Waals surface area (Å²) in [5.74, 6) is -2.32. The quantitative estimate of drug-likeness (QED) is 0.852. The molecule has 0 bridgehead atoms. The monoisotopic (exact) mass is 272 g/mol. The second kappa shape index (κ2) is 4.05. The van der Waals surface area contributed by atoms with Gasteiger partial charge in [0.15, 0.2) is 14.6 Å². The maximum atomic E-state index is 12.8. The summed E-state index contributed by atoms with van der Waals surface area (Å²) >= 11 is 0. The first-order valence-electron chi connectivity index (χ1n) is 5.56. The smallest absolute Gasteiger partial charge is 0.325 e. The van der Waals surface area contributed by atoms with Crippen LogP contribution in [0.2, 0.25) is 0 Å². The molecule has 0 aromatic heterocycles. The Kier molecular flexibility index (Phi) is 2.93. The summed E-state index contributed by atoms with van der Waals surface area (Å²) in [5, 5.41) is 9.25. The van der Waals surface area contributed by atoms with E-state index in [1.165, 1.54) is 0 Å². The van der Waals surface area contributed by atoms with Crippen LogP contribution in [0.25, 0.3) is 0 Å². The summed E-state index contributed by atoms with van der Waals surface area (Å²) in [4.78, 5) is 11.2. The highest BCUT2D eigenvalue weighted by Gasteiger charge is 2.60. The van der Waals surface area contributed by atoms with Crippen LogP contribution in [-0.2, 0) is 14.6 Å². The van der Waals surface area contributed by atoms with Gasteiger partial charge in [0.05, 0.1) is 4.90 Å². The zero-order chi connectivity index (χ0) is 13.6. The molecule has 0 amide bonds. The zero-order valence-electron chi connectivity index (χ0n) is 9.76. The van der Waals surface area contributed by atoms with Crippen molar-refractivity contribution in [3.05, 3.63) is 30.1 Å². The van der Waals surface area contributed by atoms with Gasteiger partial charge < -0.3 is 5.11 Å². The lowest BCUT2D eigenvalue weighted by Crippen LogP contribution is -2.58. The number of benzene rings is 1. The molecule has 98 valence electrons. The van der Waals surface area contributed by atoms with Crippen molar-refractivity contribution in [2.45, 2.75) is 29.4 Å².